The Morgan fingerprint density at radius 3 is 2.69 bits per heavy atom. The van der Waals surface area contributed by atoms with E-state index in [2.05, 4.69) is 20.3 Å². The van der Waals surface area contributed by atoms with Gasteiger partial charge in [-0.1, -0.05) is 0 Å². The number of hydrogen-bond donors (Lipinski definition) is 1. The number of rotatable bonds is 2. The lowest BCUT2D eigenvalue weighted by Gasteiger charge is -2.02. The predicted octanol–water partition coefficient (Wildman–Crippen LogP) is 1.50. The highest BCUT2D eigenvalue weighted by Gasteiger charge is 2.01. The Labute approximate surface area is 92.6 Å². The van der Waals surface area contributed by atoms with Gasteiger partial charge in [0.05, 0.1) is 18.1 Å². The third kappa shape index (κ3) is 2.38. The first-order valence-electron chi connectivity index (χ1n) is 4.76. The van der Waals surface area contributed by atoms with Crippen LogP contribution < -0.4 is 5.32 Å². The van der Waals surface area contributed by atoms with Crippen LogP contribution in [0.1, 0.15) is 6.92 Å². The summed E-state index contributed by atoms with van der Waals surface area (Å²) in [5.74, 6) is 0.281. The van der Waals surface area contributed by atoms with Crippen molar-refractivity contribution in [2.75, 3.05) is 5.32 Å². The first kappa shape index (κ1) is 10.2. The van der Waals surface area contributed by atoms with Gasteiger partial charge in [0.25, 0.3) is 0 Å². The minimum Gasteiger partial charge on any atom is -0.310 e. The molecule has 2 rings (SSSR count). The molecule has 0 atom stereocenters. The number of nitrogens with zero attached hydrogens (tertiary/aromatic N) is 3. The molecule has 0 saturated heterocycles. The van der Waals surface area contributed by atoms with Gasteiger partial charge in [0, 0.05) is 24.9 Å². The summed E-state index contributed by atoms with van der Waals surface area (Å²) in [6.07, 6.45) is 6.52. The molecule has 2 aromatic heterocycles. The van der Waals surface area contributed by atoms with Crippen molar-refractivity contribution >= 4 is 11.7 Å². The van der Waals surface area contributed by atoms with Crippen LogP contribution in [0.4, 0.5) is 5.82 Å². The molecule has 2 heterocycles. The summed E-state index contributed by atoms with van der Waals surface area (Å²) in [6.45, 7) is 1.43. The Bertz CT molecular complexity index is 481. The lowest BCUT2D eigenvalue weighted by molar-refractivity contribution is -0.114. The SMILES string of the molecule is CC(=O)Nc1cnc(-c2cccnc2)cn1. The number of pyridine rings is 1. The fraction of sp³-hybridized carbons (Fsp3) is 0.0909. The lowest BCUT2D eigenvalue weighted by atomic mass is 10.2. The fourth-order valence-corrected chi connectivity index (χ4v) is 1.24. The zero-order valence-corrected chi connectivity index (χ0v) is 8.71. The largest absolute Gasteiger partial charge is 0.310 e. The Morgan fingerprint density at radius 2 is 2.12 bits per heavy atom. The topological polar surface area (TPSA) is 67.8 Å². The van der Waals surface area contributed by atoms with Crippen LogP contribution >= 0.6 is 0 Å². The van der Waals surface area contributed by atoms with Crippen LogP contribution in [-0.4, -0.2) is 20.9 Å². The Morgan fingerprint density at radius 1 is 1.25 bits per heavy atom. The van der Waals surface area contributed by atoms with Crippen molar-refractivity contribution < 1.29 is 4.79 Å². The minimum absolute atomic E-state index is 0.163. The van der Waals surface area contributed by atoms with Crippen LogP contribution in [0, 0.1) is 0 Å². The lowest BCUT2D eigenvalue weighted by Crippen LogP contribution is -2.07. The summed E-state index contributed by atoms with van der Waals surface area (Å²) in [4.78, 5) is 23.0. The molecule has 0 radical (unpaired) electrons. The number of anilines is 1. The van der Waals surface area contributed by atoms with E-state index in [0.29, 0.717) is 5.82 Å². The molecule has 16 heavy (non-hydrogen) atoms. The molecule has 0 aliphatic heterocycles. The third-order valence-corrected chi connectivity index (χ3v) is 1.91. The van der Waals surface area contributed by atoms with Crippen molar-refractivity contribution in [3.63, 3.8) is 0 Å². The molecule has 1 amide bonds. The van der Waals surface area contributed by atoms with Crippen molar-refractivity contribution in [2.24, 2.45) is 0 Å². The molecule has 5 nitrogen and oxygen atoms in total. The summed E-state index contributed by atoms with van der Waals surface area (Å²) in [5.41, 5.74) is 1.62. The van der Waals surface area contributed by atoms with E-state index in [1.807, 2.05) is 12.1 Å². The smallest absolute Gasteiger partial charge is 0.222 e. The maximum atomic E-state index is 10.8. The second-order valence-corrected chi connectivity index (χ2v) is 3.21. The Hall–Kier alpha value is -2.30. The van der Waals surface area contributed by atoms with Crippen molar-refractivity contribution in [3.05, 3.63) is 36.9 Å². The first-order chi connectivity index (χ1) is 7.75. The molecule has 0 aliphatic carbocycles. The van der Waals surface area contributed by atoms with Gasteiger partial charge in [0.2, 0.25) is 5.91 Å². The van der Waals surface area contributed by atoms with Crippen molar-refractivity contribution in [1.29, 1.82) is 0 Å². The molecule has 1 N–H and O–H groups in total. The van der Waals surface area contributed by atoms with Gasteiger partial charge in [-0.3, -0.25) is 14.8 Å². The molecule has 80 valence electrons. The molecule has 0 aromatic carbocycles. The van der Waals surface area contributed by atoms with Gasteiger partial charge >= 0.3 is 0 Å². The van der Waals surface area contributed by atoms with Crippen LogP contribution in [0.5, 0.6) is 0 Å². The van der Waals surface area contributed by atoms with Crippen molar-refractivity contribution in [1.82, 2.24) is 15.0 Å². The van der Waals surface area contributed by atoms with Gasteiger partial charge < -0.3 is 5.32 Å². The van der Waals surface area contributed by atoms with E-state index in [4.69, 9.17) is 0 Å². The number of carbonyl (C=O) groups excluding carboxylic acids is 1. The van der Waals surface area contributed by atoms with E-state index in [-0.39, 0.29) is 5.91 Å². The molecule has 0 saturated carbocycles. The van der Waals surface area contributed by atoms with Crippen molar-refractivity contribution in [2.45, 2.75) is 6.92 Å². The van der Waals surface area contributed by atoms with Gasteiger partial charge in [-0.25, -0.2) is 4.98 Å². The van der Waals surface area contributed by atoms with Gasteiger partial charge in [0.1, 0.15) is 0 Å². The van der Waals surface area contributed by atoms with Crippen LogP contribution in [-0.2, 0) is 4.79 Å². The quantitative estimate of drug-likeness (QED) is 0.822. The summed E-state index contributed by atoms with van der Waals surface area (Å²) in [5, 5.41) is 2.56. The van der Waals surface area contributed by atoms with E-state index in [1.54, 1.807) is 18.6 Å². The zero-order chi connectivity index (χ0) is 11.4. The van der Waals surface area contributed by atoms with Gasteiger partial charge in [-0.05, 0) is 12.1 Å². The predicted molar refractivity (Wildman–Crippen MR) is 59.6 cm³/mol. The standard InChI is InChI=1S/C11H10N4O/c1-8(16)15-11-7-13-10(6-14-11)9-3-2-4-12-5-9/h2-7H,1H3,(H,14,15,16). The monoisotopic (exact) mass is 214 g/mol. The van der Waals surface area contributed by atoms with Crippen LogP contribution in [0.25, 0.3) is 11.3 Å². The van der Waals surface area contributed by atoms with Gasteiger partial charge in [0.15, 0.2) is 5.82 Å². The molecular weight excluding hydrogens is 204 g/mol. The molecule has 0 aliphatic rings. The average Bonchev–Trinajstić information content (AvgIpc) is 2.30. The summed E-state index contributed by atoms with van der Waals surface area (Å²) in [6, 6.07) is 3.73. The van der Waals surface area contributed by atoms with E-state index in [0.717, 1.165) is 11.3 Å². The van der Waals surface area contributed by atoms with E-state index >= 15 is 0 Å². The minimum atomic E-state index is -0.163. The van der Waals surface area contributed by atoms with Gasteiger partial charge in [-0.15, -0.1) is 0 Å². The fourth-order valence-electron chi connectivity index (χ4n) is 1.24. The number of aromatic nitrogens is 3. The van der Waals surface area contributed by atoms with Gasteiger partial charge in [-0.2, -0.15) is 0 Å². The molecule has 0 unspecified atom stereocenters. The van der Waals surface area contributed by atoms with E-state index < -0.39 is 0 Å². The first-order valence-corrected chi connectivity index (χ1v) is 4.76. The van der Waals surface area contributed by atoms with Crippen LogP contribution in [0.3, 0.4) is 0 Å². The molecular formula is C11H10N4O. The normalized spacial score (nSPS) is 9.81. The third-order valence-electron chi connectivity index (χ3n) is 1.91. The summed E-state index contributed by atoms with van der Waals surface area (Å²) < 4.78 is 0. The molecule has 0 fully saturated rings. The van der Waals surface area contributed by atoms with Crippen LogP contribution in [0.15, 0.2) is 36.9 Å². The summed E-state index contributed by atoms with van der Waals surface area (Å²) in [7, 11) is 0. The maximum absolute atomic E-state index is 10.8. The number of amides is 1. The number of carbonyl (C=O) groups is 1. The molecule has 2 aromatic rings. The molecule has 5 heteroatoms. The average molecular weight is 214 g/mol. The second-order valence-electron chi connectivity index (χ2n) is 3.21. The zero-order valence-electron chi connectivity index (χ0n) is 8.71. The summed E-state index contributed by atoms with van der Waals surface area (Å²) >= 11 is 0. The van der Waals surface area contributed by atoms with Crippen LogP contribution in [0.2, 0.25) is 0 Å². The number of nitrogens with one attached hydrogen (secondary N) is 1. The van der Waals surface area contributed by atoms with Crippen molar-refractivity contribution in [3.8, 4) is 11.3 Å². The highest BCUT2D eigenvalue weighted by atomic mass is 16.1. The maximum Gasteiger partial charge on any atom is 0.222 e. The second kappa shape index (κ2) is 4.48. The van der Waals surface area contributed by atoms with E-state index in [9.17, 15) is 4.79 Å². The molecule has 0 bridgehead atoms. The highest BCUT2D eigenvalue weighted by Crippen LogP contribution is 2.14. The highest BCUT2D eigenvalue weighted by molar-refractivity contribution is 5.87. The van der Waals surface area contributed by atoms with E-state index in [1.165, 1.54) is 13.1 Å². The number of hydrogen-bond acceptors (Lipinski definition) is 4. The Kier molecular flexibility index (Phi) is 2.86. The Balaban J connectivity index is 2.23. The molecule has 0 spiro atoms.